The minimum atomic E-state index is -0.807. The number of nitrogens with one attached hydrogen (secondary N) is 2. The van der Waals surface area contributed by atoms with Crippen LogP contribution in [-0.4, -0.2) is 29.6 Å². The number of carbonyl (C=O) groups is 2. The second kappa shape index (κ2) is 6.70. The molecular formula is C12H15FN2O3. The van der Waals surface area contributed by atoms with Gasteiger partial charge in [-0.2, -0.15) is 0 Å². The van der Waals surface area contributed by atoms with E-state index in [0.717, 1.165) is 0 Å². The molecule has 0 aromatic heterocycles. The lowest BCUT2D eigenvalue weighted by Gasteiger charge is -2.07. The van der Waals surface area contributed by atoms with E-state index in [2.05, 4.69) is 10.6 Å². The van der Waals surface area contributed by atoms with Crippen LogP contribution >= 0.6 is 0 Å². The van der Waals surface area contributed by atoms with Crippen LogP contribution < -0.4 is 10.6 Å². The van der Waals surface area contributed by atoms with Crippen LogP contribution in [0.15, 0.2) is 24.3 Å². The Hall–Kier alpha value is -1.95. The molecule has 18 heavy (non-hydrogen) atoms. The van der Waals surface area contributed by atoms with Crippen LogP contribution in [0.2, 0.25) is 0 Å². The van der Waals surface area contributed by atoms with Crippen molar-refractivity contribution < 1.29 is 19.1 Å². The van der Waals surface area contributed by atoms with Crippen molar-refractivity contribution in [1.29, 1.82) is 0 Å². The van der Waals surface area contributed by atoms with E-state index in [4.69, 9.17) is 5.11 Å². The van der Waals surface area contributed by atoms with Crippen molar-refractivity contribution in [3.8, 4) is 0 Å². The minimum absolute atomic E-state index is 0.0167. The van der Waals surface area contributed by atoms with E-state index in [-0.39, 0.29) is 18.9 Å². The third kappa shape index (κ3) is 4.92. The van der Waals surface area contributed by atoms with Crippen LogP contribution in [0.25, 0.3) is 0 Å². The number of aliphatic hydroxyl groups excluding tert-OH is 1. The molecule has 2 amide bonds. The molecule has 0 saturated carbocycles. The second-order valence-electron chi connectivity index (χ2n) is 3.87. The summed E-state index contributed by atoms with van der Waals surface area (Å²) in [5, 5.41) is 13.6. The molecule has 1 rings (SSSR count). The van der Waals surface area contributed by atoms with E-state index in [1.807, 2.05) is 0 Å². The van der Waals surface area contributed by atoms with Crippen LogP contribution in [0.5, 0.6) is 0 Å². The zero-order valence-electron chi connectivity index (χ0n) is 9.94. The Morgan fingerprint density at radius 3 is 2.33 bits per heavy atom. The number of aliphatic hydroxyl groups is 1. The average molecular weight is 254 g/mol. The average Bonchev–Trinajstić information content (AvgIpc) is 2.34. The summed E-state index contributed by atoms with van der Waals surface area (Å²) < 4.78 is 12.6. The maximum atomic E-state index is 12.6. The van der Waals surface area contributed by atoms with E-state index in [1.54, 1.807) is 0 Å². The van der Waals surface area contributed by atoms with E-state index in [1.165, 1.54) is 31.2 Å². The third-order valence-corrected chi connectivity index (χ3v) is 2.13. The fourth-order valence-corrected chi connectivity index (χ4v) is 1.19. The third-order valence-electron chi connectivity index (χ3n) is 2.13. The van der Waals surface area contributed by atoms with Crippen LogP contribution in [0.3, 0.4) is 0 Å². The molecule has 6 heteroatoms. The SMILES string of the molecule is C[C@H](O)CNC(=O)C(=O)NCc1ccc(F)cc1. The fraction of sp³-hybridized carbons (Fsp3) is 0.333. The lowest BCUT2D eigenvalue weighted by molar-refractivity contribution is -0.139. The molecule has 0 aliphatic heterocycles. The number of hydrogen-bond donors (Lipinski definition) is 3. The van der Waals surface area contributed by atoms with Crippen LogP contribution in [0.1, 0.15) is 12.5 Å². The highest BCUT2D eigenvalue weighted by Crippen LogP contribution is 2.01. The molecule has 98 valence electrons. The molecule has 0 unspecified atom stereocenters. The Balaban J connectivity index is 2.36. The number of halogens is 1. The first kappa shape index (κ1) is 14.1. The lowest BCUT2D eigenvalue weighted by Crippen LogP contribution is -2.42. The second-order valence-corrected chi connectivity index (χ2v) is 3.87. The fourth-order valence-electron chi connectivity index (χ4n) is 1.19. The summed E-state index contributed by atoms with van der Waals surface area (Å²) in [6.07, 6.45) is -0.709. The first-order chi connectivity index (χ1) is 8.49. The molecule has 0 aliphatic carbocycles. The number of carbonyl (C=O) groups excluding carboxylic acids is 2. The molecule has 0 radical (unpaired) electrons. The molecule has 1 aromatic rings. The highest BCUT2D eigenvalue weighted by molar-refractivity contribution is 6.35. The number of amides is 2. The predicted octanol–water partition coefficient (Wildman–Crippen LogP) is -0.0611. The van der Waals surface area contributed by atoms with Gasteiger partial charge in [-0.25, -0.2) is 4.39 Å². The van der Waals surface area contributed by atoms with E-state index in [0.29, 0.717) is 5.56 Å². The minimum Gasteiger partial charge on any atom is -0.392 e. The Morgan fingerprint density at radius 2 is 1.78 bits per heavy atom. The van der Waals surface area contributed by atoms with Crippen molar-refractivity contribution in [3.63, 3.8) is 0 Å². The van der Waals surface area contributed by atoms with Crippen molar-refractivity contribution in [2.24, 2.45) is 0 Å². The molecule has 1 atom stereocenters. The molecule has 0 saturated heterocycles. The standard InChI is InChI=1S/C12H15FN2O3/c1-8(16)6-14-11(17)12(18)15-7-9-2-4-10(13)5-3-9/h2-5,8,16H,6-7H2,1H3,(H,14,17)(H,15,18)/t8-/m0/s1. The van der Waals surface area contributed by atoms with Gasteiger partial charge in [-0.1, -0.05) is 12.1 Å². The van der Waals surface area contributed by atoms with Crippen molar-refractivity contribution in [1.82, 2.24) is 10.6 Å². The molecule has 0 bridgehead atoms. The number of hydrogen-bond acceptors (Lipinski definition) is 3. The van der Waals surface area contributed by atoms with Crippen LogP contribution in [0.4, 0.5) is 4.39 Å². The zero-order chi connectivity index (χ0) is 13.5. The summed E-state index contributed by atoms with van der Waals surface area (Å²) >= 11 is 0. The van der Waals surface area contributed by atoms with E-state index < -0.39 is 17.9 Å². The van der Waals surface area contributed by atoms with Gasteiger partial charge >= 0.3 is 11.8 Å². The normalized spacial score (nSPS) is 11.7. The molecular weight excluding hydrogens is 239 g/mol. The largest absolute Gasteiger partial charge is 0.392 e. The summed E-state index contributed by atoms with van der Waals surface area (Å²) in [5.74, 6) is -1.96. The molecule has 0 spiro atoms. The van der Waals surface area contributed by atoms with Gasteiger partial charge < -0.3 is 15.7 Å². The zero-order valence-corrected chi connectivity index (χ0v) is 9.94. The molecule has 0 fully saturated rings. The quantitative estimate of drug-likeness (QED) is 0.659. The molecule has 0 aliphatic rings. The van der Waals surface area contributed by atoms with Crippen molar-refractivity contribution in [2.75, 3.05) is 6.54 Å². The first-order valence-electron chi connectivity index (χ1n) is 5.47. The van der Waals surface area contributed by atoms with Crippen molar-refractivity contribution >= 4 is 11.8 Å². The molecule has 0 heterocycles. The van der Waals surface area contributed by atoms with Gasteiger partial charge in [0.1, 0.15) is 5.82 Å². The summed E-state index contributed by atoms with van der Waals surface area (Å²) in [6.45, 7) is 1.65. The summed E-state index contributed by atoms with van der Waals surface area (Å²) in [7, 11) is 0. The Bertz CT molecular complexity index is 418. The Labute approximate surface area is 104 Å². The smallest absolute Gasteiger partial charge is 0.309 e. The summed E-state index contributed by atoms with van der Waals surface area (Å²) in [4.78, 5) is 22.5. The molecule has 3 N–H and O–H groups in total. The monoisotopic (exact) mass is 254 g/mol. The topological polar surface area (TPSA) is 78.4 Å². The van der Waals surface area contributed by atoms with Gasteiger partial charge in [0.2, 0.25) is 0 Å². The maximum Gasteiger partial charge on any atom is 0.309 e. The van der Waals surface area contributed by atoms with Gasteiger partial charge in [-0.3, -0.25) is 9.59 Å². The first-order valence-corrected chi connectivity index (χ1v) is 5.47. The Kier molecular flexibility index (Phi) is 5.26. The lowest BCUT2D eigenvalue weighted by atomic mass is 10.2. The number of rotatable bonds is 4. The highest BCUT2D eigenvalue weighted by Gasteiger charge is 2.12. The Morgan fingerprint density at radius 1 is 1.22 bits per heavy atom. The molecule has 1 aromatic carbocycles. The van der Waals surface area contributed by atoms with Gasteiger partial charge in [-0.05, 0) is 24.6 Å². The summed E-state index contributed by atoms with van der Waals surface area (Å²) in [5.41, 5.74) is 0.688. The van der Waals surface area contributed by atoms with Gasteiger partial charge in [0.15, 0.2) is 0 Å². The van der Waals surface area contributed by atoms with E-state index >= 15 is 0 Å². The van der Waals surface area contributed by atoms with Crippen LogP contribution in [0, 0.1) is 5.82 Å². The van der Waals surface area contributed by atoms with Gasteiger partial charge in [-0.15, -0.1) is 0 Å². The predicted molar refractivity (Wildman–Crippen MR) is 62.9 cm³/mol. The molecule has 5 nitrogen and oxygen atoms in total. The van der Waals surface area contributed by atoms with Crippen LogP contribution in [-0.2, 0) is 16.1 Å². The van der Waals surface area contributed by atoms with Gasteiger partial charge in [0.25, 0.3) is 0 Å². The van der Waals surface area contributed by atoms with E-state index in [9.17, 15) is 14.0 Å². The number of benzene rings is 1. The van der Waals surface area contributed by atoms with Crippen molar-refractivity contribution in [3.05, 3.63) is 35.6 Å². The highest BCUT2D eigenvalue weighted by atomic mass is 19.1. The van der Waals surface area contributed by atoms with Crippen molar-refractivity contribution in [2.45, 2.75) is 19.6 Å². The van der Waals surface area contributed by atoms with Gasteiger partial charge in [0, 0.05) is 13.1 Å². The van der Waals surface area contributed by atoms with Gasteiger partial charge in [0.05, 0.1) is 6.10 Å². The summed E-state index contributed by atoms with van der Waals surface area (Å²) in [6, 6.07) is 5.58. The maximum absolute atomic E-state index is 12.6.